The van der Waals surface area contributed by atoms with Gasteiger partial charge in [-0.05, 0) is 42.8 Å². The number of aromatic nitrogens is 2. The maximum Gasteiger partial charge on any atom is 0.205 e. The number of rotatable bonds is 2. The number of nitrogens with zero attached hydrogens (tertiary/aromatic N) is 2. The fourth-order valence-corrected chi connectivity index (χ4v) is 2.04. The van der Waals surface area contributed by atoms with Gasteiger partial charge in [-0.25, -0.2) is 4.98 Å². The minimum Gasteiger partial charge on any atom is -0.399 e. The summed E-state index contributed by atoms with van der Waals surface area (Å²) in [6, 6.07) is 13.1. The first-order valence-electron chi connectivity index (χ1n) is 6.19. The number of fused-ring (bicyclic) bond motifs is 1. The van der Waals surface area contributed by atoms with Crippen molar-refractivity contribution in [2.24, 2.45) is 0 Å². The highest BCUT2D eigenvalue weighted by atomic mass is 15.1. The molecule has 0 unspecified atom stereocenters. The molecular formula is C15H13N5. The normalized spacial score (nSPS) is 10.4. The van der Waals surface area contributed by atoms with Gasteiger partial charge in [0.15, 0.2) is 0 Å². The minimum absolute atomic E-state index is 0.610. The maximum atomic E-state index is 8.95. The van der Waals surface area contributed by atoms with Gasteiger partial charge in [-0.1, -0.05) is 6.07 Å². The average Bonchev–Trinajstić information content (AvgIpc) is 2.82. The van der Waals surface area contributed by atoms with Crippen LogP contribution in [0.3, 0.4) is 0 Å². The monoisotopic (exact) mass is 263 g/mol. The van der Waals surface area contributed by atoms with E-state index in [0.717, 1.165) is 22.3 Å². The summed E-state index contributed by atoms with van der Waals surface area (Å²) in [4.78, 5) is 7.61. The lowest BCUT2D eigenvalue weighted by molar-refractivity contribution is 1.29. The Balaban J connectivity index is 1.99. The maximum absolute atomic E-state index is 8.95. The van der Waals surface area contributed by atoms with Crippen LogP contribution in [0.15, 0.2) is 36.4 Å². The fourth-order valence-electron chi connectivity index (χ4n) is 2.04. The molecule has 0 spiro atoms. The van der Waals surface area contributed by atoms with Crippen molar-refractivity contribution in [1.82, 2.24) is 9.97 Å². The van der Waals surface area contributed by atoms with Crippen molar-refractivity contribution in [3.63, 3.8) is 0 Å². The number of aromatic amines is 1. The van der Waals surface area contributed by atoms with Crippen molar-refractivity contribution in [3.05, 3.63) is 47.5 Å². The Hall–Kier alpha value is -3.00. The third-order valence-corrected chi connectivity index (χ3v) is 3.13. The molecule has 0 fully saturated rings. The molecule has 5 heteroatoms. The van der Waals surface area contributed by atoms with Gasteiger partial charge in [0.2, 0.25) is 5.95 Å². The molecule has 5 nitrogen and oxygen atoms in total. The van der Waals surface area contributed by atoms with E-state index in [0.29, 0.717) is 17.2 Å². The van der Waals surface area contributed by atoms with Crippen LogP contribution in [0.1, 0.15) is 11.1 Å². The molecule has 98 valence electrons. The van der Waals surface area contributed by atoms with Gasteiger partial charge in [-0.3, -0.25) is 0 Å². The second-order valence-corrected chi connectivity index (χ2v) is 4.63. The van der Waals surface area contributed by atoms with Crippen LogP contribution < -0.4 is 11.1 Å². The van der Waals surface area contributed by atoms with Crippen LogP contribution >= 0.6 is 0 Å². The highest BCUT2D eigenvalue weighted by molar-refractivity contribution is 5.81. The first kappa shape index (κ1) is 12.1. The number of hydrogen-bond acceptors (Lipinski definition) is 4. The van der Waals surface area contributed by atoms with E-state index in [1.165, 1.54) is 0 Å². The zero-order chi connectivity index (χ0) is 14.1. The lowest BCUT2D eigenvalue weighted by Crippen LogP contribution is -1.95. The summed E-state index contributed by atoms with van der Waals surface area (Å²) in [6.07, 6.45) is 0. The van der Waals surface area contributed by atoms with Crippen molar-refractivity contribution >= 4 is 28.4 Å². The Kier molecular flexibility index (Phi) is 2.77. The summed E-state index contributed by atoms with van der Waals surface area (Å²) in [6.45, 7) is 1.98. The molecule has 0 aliphatic rings. The molecule has 1 aromatic heterocycles. The largest absolute Gasteiger partial charge is 0.399 e. The van der Waals surface area contributed by atoms with Gasteiger partial charge >= 0.3 is 0 Å². The Bertz CT molecular complexity index is 826. The van der Waals surface area contributed by atoms with Crippen molar-refractivity contribution in [2.75, 3.05) is 11.1 Å². The fraction of sp³-hybridized carbons (Fsp3) is 0.0667. The molecule has 0 saturated carbocycles. The topological polar surface area (TPSA) is 90.5 Å². The van der Waals surface area contributed by atoms with Crippen LogP contribution in [-0.4, -0.2) is 9.97 Å². The number of nitrogens with one attached hydrogen (secondary N) is 2. The molecule has 0 amide bonds. The molecule has 4 N–H and O–H groups in total. The summed E-state index contributed by atoms with van der Waals surface area (Å²) < 4.78 is 0. The van der Waals surface area contributed by atoms with E-state index in [4.69, 9.17) is 11.0 Å². The molecule has 0 aliphatic heterocycles. The van der Waals surface area contributed by atoms with Crippen molar-refractivity contribution in [2.45, 2.75) is 6.92 Å². The summed E-state index contributed by atoms with van der Waals surface area (Å²) in [7, 11) is 0. The van der Waals surface area contributed by atoms with Gasteiger partial charge in [0.25, 0.3) is 0 Å². The van der Waals surface area contributed by atoms with Gasteiger partial charge in [-0.2, -0.15) is 5.26 Å². The van der Waals surface area contributed by atoms with Gasteiger partial charge in [0, 0.05) is 11.4 Å². The molecule has 3 rings (SSSR count). The molecule has 0 bridgehead atoms. The molecular weight excluding hydrogens is 250 g/mol. The zero-order valence-electron chi connectivity index (χ0n) is 10.9. The van der Waals surface area contributed by atoms with Crippen LogP contribution in [-0.2, 0) is 0 Å². The number of anilines is 3. The summed E-state index contributed by atoms with van der Waals surface area (Å²) >= 11 is 0. The van der Waals surface area contributed by atoms with Crippen LogP contribution in [0.25, 0.3) is 11.0 Å². The predicted molar refractivity (Wildman–Crippen MR) is 79.7 cm³/mol. The van der Waals surface area contributed by atoms with Crippen LogP contribution in [0.5, 0.6) is 0 Å². The van der Waals surface area contributed by atoms with Gasteiger partial charge < -0.3 is 16.0 Å². The zero-order valence-corrected chi connectivity index (χ0v) is 10.9. The highest BCUT2D eigenvalue weighted by Gasteiger charge is 2.05. The Morgan fingerprint density at radius 2 is 2.10 bits per heavy atom. The second-order valence-electron chi connectivity index (χ2n) is 4.63. The van der Waals surface area contributed by atoms with Gasteiger partial charge in [0.1, 0.15) is 0 Å². The second kappa shape index (κ2) is 4.59. The molecule has 0 aliphatic carbocycles. The number of aryl methyl sites for hydroxylation is 1. The standard InChI is InChI=1S/C15H13N5/c1-9-2-3-10(8-16)6-13(9)19-15-18-12-5-4-11(17)7-14(12)20-15/h2-7H,17H2,1H3,(H2,18,19,20). The highest BCUT2D eigenvalue weighted by Crippen LogP contribution is 2.23. The van der Waals surface area contributed by atoms with Crippen molar-refractivity contribution in [3.8, 4) is 6.07 Å². The third kappa shape index (κ3) is 2.15. The van der Waals surface area contributed by atoms with Gasteiger partial charge in [-0.15, -0.1) is 0 Å². The Morgan fingerprint density at radius 3 is 2.90 bits per heavy atom. The summed E-state index contributed by atoms with van der Waals surface area (Å²) in [5.41, 5.74) is 10.7. The first-order valence-corrected chi connectivity index (χ1v) is 6.19. The smallest absolute Gasteiger partial charge is 0.205 e. The molecule has 1 heterocycles. The van der Waals surface area contributed by atoms with Crippen LogP contribution in [0.4, 0.5) is 17.3 Å². The molecule has 2 aromatic carbocycles. The van der Waals surface area contributed by atoms with E-state index >= 15 is 0 Å². The Morgan fingerprint density at radius 1 is 1.25 bits per heavy atom. The number of nitrogen functional groups attached to an aromatic ring is 1. The number of benzene rings is 2. The van der Waals surface area contributed by atoms with Crippen LogP contribution in [0.2, 0.25) is 0 Å². The molecule has 0 atom stereocenters. The summed E-state index contributed by atoms with van der Waals surface area (Å²) in [5, 5.41) is 12.1. The average molecular weight is 263 g/mol. The number of H-pyrrole nitrogens is 1. The van der Waals surface area contributed by atoms with Gasteiger partial charge in [0.05, 0.1) is 22.7 Å². The third-order valence-electron chi connectivity index (χ3n) is 3.13. The number of hydrogen-bond donors (Lipinski definition) is 3. The van der Waals surface area contributed by atoms with E-state index in [1.54, 1.807) is 12.1 Å². The SMILES string of the molecule is Cc1ccc(C#N)cc1Nc1nc2ccc(N)cc2[nH]1. The number of imidazole rings is 1. The first-order chi connectivity index (χ1) is 9.65. The quantitative estimate of drug-likeness (QED) is 0.620. The lowest BCUT2D eigenvalue weighted by Gasteiger charge is -2.06. The summed E-state index contributed by atoms with van der Waals surface area (Å²) in [5.74, 6) is 0.629. The molecule has 20 heavy (non-hydrogen) atoms. The minimum atomic E-state index is 0.610. The number of nitriles is 1. The van der Waals surface area contributed by atoms with E-state index < -0.39 is 0 Å². The lowest BCUT2D eigenvalue weighted by atomic mass is 10.1. The van der Waals surface area contributed by atoms with E-state index in [1.807, 2.05) is 31.2 Å². The van der Waals surface area contributed by atoms with E-state index in [2.05, 4.69) is 21.4 Å². The predicted octanol–water partition coefficient (Wildman–Crippen LogP) is 3.07. The molecule has 3 aromatic rings. The number of nitrogens with two attached hydrogens (primary N) is 1. The van der Waals surface area contributed by atoms with Crippen LogP contribution in [0, 0.1) is 18.3 Å². The molecule has 0 radical (unpaired) electrons. The Labute approximate surface area is 116 Å². The van der Waals surface area contributed by atoms with Crippen molar-refractivity contribution < 1.29 is 0 Å². The van der Waals surface area contributed by atoms with Crippen molar-refractivity contribution in [1.29, 1.82) is 5.26 Å². The molecule has 0 saturated heterocycles. The van der Waals surface area contributed by atoms with E-state index in [-0.39, 0.29) is 0 Å². The van der Waals surface area contributed by atoms with E-state index in [9.17, 15) is 0 Å².